The molecule has 0 aliphatic carbocycles. The van der Waals surface area contributed by atoms with Crippen LogP contribution in [-0.4, -0.2) is 85.7 Å². The fraction of sp³-hybridized carbons (Fsp3) is 0.394. The number of aromatic nitrogens is 6. The van der Waals surface area contributed by atoms with Crippen molar-refractivity contribution in [3.05, 3.63) is 87.1 Å². The average Bonchev–Trinajstić information content (AvgIpc) is 3.56. The Hall–Kier alpha value is -5.31. The Balaban J connectivity index is 1.59. The number of carbonyl (C=O) groups excluding carboxylic acids is 3. The third kappa shape index (κ3) is 10.6. The number of aromatic amines is 1. The predicted octanol–water partition coefficient (Wildman–Crippen LogP) is 4.23. The molecular weight excluding hydrogens is 654 g/mol. The van der Waals surface area contributed by atoms with Gasteiger partial charge in [-0.3, -0.25) is 9.59 Å². The second-order valence-electron chi connectivity index (χ2n) is 12.2. The van der Waals surface area contributed by atoms with E-state index in [0.29, 0.717) is 59.0 Å². The molecule has 3 N–H and O–H groups in total. The molecule has 1 aromatic carbocycles. The minimum absolute atomic E-state index is 0.0215. The van der Waals surface area contributed by atoms with E-state index in [-0.39, 0.29) is 12.5 Å². The van der Waals surface area contributed by atoms with E-state index in [9.17, 15) is 19.2 Å². The average molecular weight is 694 g/mol. The second-order valence-corrected chi connectivity index (χ2v) is 12.7. The number of H-pyrrole nitrogens is 1. The van der Waals surface area contributed by atoms with Crippen LogP contribution < -0.4 is 16.2 Å². The summed E-state index contributed by atoms with van der Waals surface area (Å²) < 4.78 is 11.5. The van der Waals surface area contributed by atoms with E-state index in [0.717, 1.165) is 0 Å². The van der Waals surface area contributed by atoms with Gasteiger partial charge in [-0.25, -0.2) is 14.7 Å². The van der Waals surface area contributed by atoms with Crippen LogP contribution in [0.15, 0.2) is 59.7 Å². The molecule has 260 valence electrons. The van der Waals surface area contributed by atoms with Crippen LogP contribution in [0, 0.1) is 5.92 Å². The molecule has 3 heterocycles. The van der Waals surface area contributed by atoms with Crippen molar-refractivity contribution in [3.8, 4) is 5.69 Å². The normalized spacial score (nSPS) is 14.5. The Morgan fingerprint density at radius 2 is 1.96 bits per heavy atom. The number of halogens is 1. The maximum Gasteiger partial charge on any atom is 0.410 e. The maximum atomic E-state index is 13.4. The number of tetrazole rings is 1. The van der Waals surface area contributed by atoms with Gasteiger partial charge in [0.05, 0.1) is 30.1 Å². The van der Waals surface area contributed by atoms with Gasteiger partial charge in [-0.05, 0) is 85.9 Å². The van der Waals surface area contributed by atoms with E-state index in [2.05, 4.69) is 41.1 Å². The van der Waals surface area contributed by atoms with Gasteiger partial charge in [0.25, 0.3) is 5.56 Å². The smallest absolute Gasteiger partial charge is 0.410 e. The van der Waals surface area contributed by atoms with Crippen molar-refractivity contribution in [2.75, 3.05) is 26.7 Å². The molecule has 0 saturated carbocycles. The highest BCUT2D eigenvalue weighted by atomic mass is 35.5. The van der Waals surface area contributed by atoms with E-state index < -0.39 is 35.3 Å². The summed E-state index contributed by atoms with van der Waals surface area (Å²) in [6.07, 6.45) is 9.77. The topological polar surface area (TPSA) is 186 Å². The number of likely N-dealkylation sites (tertiary alicyclic amines) is 1. The summed E-state index contributed by atoms with van der Waals surface area (Å²) in [6.45, 7) is 8.41. The summed E-state index contributed by atoms with van der Waals surface area (Å²) in [5.41, 5.74) is 1.55. The zero-order valence-corrected chi connectivity index (χ0v) is 28.7. The van der Waals surface area contributed by atoms with Crippen molar-refractivity contribution >= 4 is 41.3 Å². The van der Waals surface area contributed by atoms with Gasteiger partial charge in [0.2, 0.25) is 5.91 Å². The third-order valence-electron chi connectivity index (χ3n) is 7.26. The number of hydrogen-bond acceptors (Lipinski definition) is 10. The van der Waals surface area contributed by atoms with Crippen molar-refractivity contribution in [2.24, 2.45) is 5.92 Å². The number of benzene rings is 1. The van der Waals surface area contributed by atoms with Crippen LogP contribution in [-0.2, 0) is 14.3 Å². The number of allylic oxidation sites excluding steroid dienone is 3. The summed E-state index contributed by atoms with van der Waals surface area (Å²) in [7, 11) is 1.27. The molecular formula is C33H40ClN9O6. The van der Waals surface area contributed by atoms with Gasteiger partial charge in [0, 0.05) is 36.3 Å². The van der Waals surface area contributed by atoms with Crippen LogP contribution in [0.5, 0.6) is 0 Å². The maximum absolute atomic E-state index is 13.4. The molecule has 1 aliphatic rings. The molecule has 1 fully saturated rings. The molecule has 3 amide bonds. The molecule has 0 spiro atoms. The third-order valence-corrected chi connectivity index (χ3v) is 7.49. The summed E-state index contributed by atoms with van der Waals surface area (Å²) in [4.78, 5) is 52.0. The Morgan fingerprint density at radius 1 is 1.18 bits per heavy atom. The second kappa shape index (κ2) is 16.7. The molecule has 0 radical (unpaired) electrons. The molecule has 49 heavy (non-hydrogen) atoms. The van der Waals surface area contributed by atoms with Crippen LogP contribution >= 0.6 is 11.6 Å². The molecule has 0 unspecified atom stereocenters. The fourth-order valence-corrected chi connectivity index (χ4v) is 5.19. The van der Waals surface area contributed by atoms with Crippen molar-refractivity contribution in [1.29, 1.82) is 0 Å². The fourth-order valence-electron chi connectivity index (χ4n) is 5.01. The van der Waals surface area contributed by atoms with Gasteiger partial charge in [0.15, 0.2) is 0 Å². The molecule has 1 saturated heterocycles. The zero-order chi connectivity index (χ0) is 35.6. The van der Waals surface area contributed by atoms with Crippen LogP contribution in [0.1, 0.15) is 63.4 Å². The Kier molecular flexibility index (Phi) is 12.4. The predicted molar refractivity (Wildman–Crippen MR) is 183 cm³/mol. The summed E-state index contributed by atoms with van der Waals surface area (Å²) >= 11 is 6.24. The van der Waals surface area contributed by atoms with Gasteiger partial charge in [-0.2, -0.15) is 9.78 Å². The highest BCUT2D eigenvalue weighted by Gasteiger charge is 2.36. The first kappa shape index (κ1) is 36.5. The van der Waals surface area contributed by atoms with E-state index in [1.807, 2.05) is 33.8 Å². The number of nitrogens with zero attached hydrogens (tertiary/aromatic N) is 6. The summed E-state index contributed by atoms with van der Waals surface area (Å²) in [5.74, 6) is -0.406. The van der Waals surface area contributed by atoms with Gasteiger partial charge in [0.1, 0.15) is 11.9 Å². The number of nitrogens with one attached hydrogen (secondary N) is 3. The van der Waals surface area contributed by atoms with Crippen molar-refractivity contribution < 1.29 is 23.9 Å². The number of alkyl carbamates (subject to hydrolysis) is 1. The lowest BCUT2D eigenvalue weighted by Gasteiger charge is -2.41. The largest absolute Gasteiger partial charge is 0.453 e. The van der Waals surface area contributed by atoms with Crippen molar-refractivity contribution in [3.63, 3.8) is 0 Å². The molecule has 0 bridgehead atoms. The van der Waals surface area contributed by atoms with Gasteiger partial charge in [-0.1, -0.05) is 36.8 Å². The van der Waals surface area contributed by atoms with Gasteiger partial charge in [-0.15, -0.1) is 5.10 Å². The lowest BCUT2D eigenvalue weighted by Crippen LogP contribution is -2.52. The number of carbonyl (C=O) groups is 3. The molecule has 1 atom stereocenters. The molecule has 1 aliphatic heterocycles. The van der Waals surface area contributed by atoms with Crippen LogP contribution in [0.3, 0.4) is 0 Å². The van der Waals surface area contributed by atoms with E-state index >= 15 is 0 Å². The first-order valence-corrected chi connectivity index (χ1v) is 16.0. The Bertz CT molecular complexity index is 1770. The van der Waals surface area contributed by atoms with E-state index in [1.165, 1.54) is 24.2 Å². The van der Waals surface area contributed by atoms with Crippen molar-refractivity contribution in [2.45, 2.75) is 52.2 Å². The summed E-state index contributed by atoms with van der Waals surface area (Å²) in [6, 6.07) is 6.12. The minimum Gasteiger partial charge on any atom is -0.453 e. The van der Waals surface area contributed by atoms with Crippen LogP contribution in [0.25, 0.3) is 17.3 Å². The number of ether oxygens (including phenoxy) is 2. The molecule has 15 nitrogen and oxygen atoms in total. The quantitative estimate of drug-likeness (QED) is 0.183. The SMILES string of the molecule is CC/C=C(\C=C/CNC(=O)OC)c1cc([C@H](CC2CN(C(=O)OC(C)(C)C)C2)NC(=O)/C=C/c2cc(Cl)ccc2-n2cnnn2)n[nH]c1=O. The standard InChI is InChI=1S/C33H40ClN9O6/c1-6-8-22(9-7-14-35-31(46)48-5)25-17-27(38-39-30(25)45)26(15-21-18-42(19-21)32(47)49-33(2,3)4)37-29(44)13-10-23-16-24(34)11-12-28(23)43-20-36-40-41-43/h7-13,16-17,20-21,26H,6,14-15,18-19H2,1-5H3,(H,35,46)(H,37,44)(H,39,45)/b9-7-,13-10+,22-8+/t26-/m0/s1. The summed E-state index contributed by atoms with van der Waals surface area (Å²) in [5, 5.41) is 24.2. The van der Waals surface area contributed by atoms with Gasteiger partial charge >= 0.3 is 12.2 Å². The number of methoxy groups -OCH3 is 1. The number of amides is 3. The highest BCUT2D eigenvalue weighted by molar-refractivity contribution is 6.30. The Labute approximate surface area is 288 Å². The van der Waals surface area contributed by atoms with Gasteiger partial charge < -0.3 is 25.0 Å². The highest BCUT2D eigenvalue weighted by Crippen LogP contribution is 2.29. The molecule has 3 aromatic rings. The van der Waals surface area contributed by atoms with Crippen LogP contribution in [0.4, 0.5) is 9.59 Å². The van der Waals surface area contributed by atoms with Crippen molar-refractivity contribution in [1.82, 2.24) is 45.9 Å². The lowest BCUT2D eigenvalue weighted by atomic mass is 9.90. The lowest BCUT2D eigenvalue weighted by molar-refractivity contribution is -0.117. The Morgan fingerprint density at radius 3 is 2.63 bits per heavy atom. The number of hydrogen-bond donors (Lipinski definition) is 3. The van der Waals surface area contributed by atoms with E-state index in [1.54, 1.807) is 47.4 Å². The zero-order valence-electron chi connectivity index (χ0n) is 28.0. The molecule has 2 aromatic heterocycles. The van der Waals surface area contributed by atoms with Crippen LogP contribution in [0.2, 0.25) is 5.02 Å². The molecule has 4 rings (SSSR count). The minimum atomic E-state index is -0.635. The molecule has 16 heteroatoms. The monoisotopic (exact) mass is 693 g/mol. The first-order valence-electron chi connectivity index (χ1n) is 15.6. The first-order chi connectivity index (χ1) is 23.4. The van der Waals surface area contributed by atoms with E-state index in [4.69, 9.17) is 16.3 Å². The number of rotatable bonds is 12.